The first kappa shape index (κ1) is 6.73. The van der Waals surface area contributed by atoms with Gasteiger partial charge in [0.05, 0.1) is 0 Å². The maximum atomic E-state index is 4.20. The normalized spacial score (nSPS) is 10.7. The molecule has 2 aromatic rings. The maximum Gasteiger partial charge on any atom is 0.138 e. The molecule has 0 aliphatic carbocycles. The molecule has 2 aromatic heterocycles. The largest absolute Gasteiger partial charge is 0.303 e. The standard InChI is InChI=1S/C8H8N2S/c1-6-3-2-4-7-9-8(11)5-10(6)7/h2-5,11H,1H3. The Hall–Kier alpha value is -0.960. The minimum atomic E-state index is 0.763. The van der Waals surface area contributed by atoms with Gasteiger partial charge in [-0.05, 0) is 19.1 Å². The summed E-state index contributed by atoms with van der Waals surface area (Å²) in [4.78, 5) is 4.20. The van der Waals surface area contributed by atoms with E-state index in [1.165, 1.54) is 5.69 Å². The molecule has 2 heterocycles. The van der Waals surface area contributed by atoms with Crippen LogP contribution >= 0.6 is 12.6 Å². The lowest BCUT2D eigenvalue weighted by atomic mass is 10.4. The predicted molar refractivity (Wildman–Crippen MR) is 47.2 cm³/mol. The van der Waals surface area contributed by atoms with Crippen LogP contribution in [0.5, 0.6) is 0 Å². The molecule has 0 aliphatic heterocycles. The summed E-state index contributed by atoms with van der Waals surface area (Å²) in [6.07, 6.45) is 1.91. The van der Waals surface area contributed by atoms with Gasteiger partial charge in [0.25, 0.3) is 0 Å². The van der Waals surface area contributed by atoms with Gasteiger partial charge >= 0.3 is 0 Å². The molecule has 0 radical (unpaired) electrons. The van der Waals surface area contributed by atoms with Crippen molar-refractivity contribution in [2.75, 3.05) is 0 Å². The van der Waals surface area contributed by atoms with E-state index in [0.717, 1.165) is 10.7 Å². The van der Waals surface area contributed by atoms with Crippen LogP contribution in [0.4, 0.5) is 0 Å². The van der Waals surface area contributed by atoms with Gasteiger partial charge in [0, 0.05) is 11.9 Å². The molecule has 0 bridgehead atoms. The second-order valence-electron chi connectivity index (χ2n) is 2.49. The highest BCUT2D eigenvalue weighted by atomic mass is 32.1. The molecule has 0 saturated heterocycles. The van der Waals surface area contributed by atoms with Crippen LogP contribution in [-0.4, -0.2) is 9.38 Å². The summed E-state index contributed by atoms with van der Waals surface area (Å²) in [5.74, 6) is 0. The number of fused-ring (bicyclic) bond motifs is 1. The van der Waals surface area contributed by atoms with Crippen molar-refractivity contribution in [2.45, 2.75) is 11.9 Å². The molecule has 0 amide bonds. The first-order valence-corrected chi connectivity index (χ1v) is 3.86. The van der Waals surface area contributed by atoms with E-state index in [-0.39, 0.29) is 0 Å². The van der Waals surface area contributed by atoms with E-state index in [0.29, 0.717) is 0 Å². The van der Waals surface area contributed by atoms with Gasteiger partial charge < -0.3 is 4.40 Å². The zero-order valence-corrected chi connectivity index (χ0v) is 7.05. The fraction of sp³-hybridized carbons (Fsp3) is 0.125. The topological polar surface area (TPSA) is 17.3 Å². The van der Waals surface area contributed by atoms with Gasteiger partial charge in [-0.3, -0.25) is 0 Å². The van der Waals surface area contributed by atoms with Gasteiger partial charge in [-0.25, -0.2) is 4.98 Å². The third kappa shape index (κ3) is 1.01. The predicted octanol–water partition coefficient (Wildman–Crippen LogP) is 1.93. The molecule has 0 atom stereocenters. The molecule has 0 aliphatic rings. The Labute approximate surface area is 70.3 Å². The Morgan fingerprint density at radius 2 is 2.27 bits per heavy atom. The van der Waals surface area contributed by atoms with Gasteiger partial charge in [-0.15, -0.1) is 12.6 Å². The van der Waals surface area contributed by atoms with Gasteiger partial charge in [0.2, 0.25) is 0 Å². The highest BCUT2D eigenvalue weighted by Gasteiger charge is 1.97. The molecule has 2 rings (SSSR count). The zero-order chi connectivity index (χ0) is 7.84. The quantitative estimate of drug-likeness (QED) is 0.589. The number of nitrogens with zero attached hydrogens (tertiary/aromatic N) is 2. The summed E-state index contributed by atoms with van der Waals surface area (Å²) in [5.41, 5.74) is 2.13. The molecule has 11 heavy (non-hydrogen) atoms. The van der Waals surface area contributed by atoms with Crippen LogP contribution in [-0.2, 0) is 0 Å². The molecular formula is C8H8N2S. The Morgan fingerprint density at radius 1 is 1.45 bits per heavy atom. The molecule has 0 N–H and O–H groups in total. The van der Waals surface area contributed by atoms with Crippen LogP contribution in [0.1, 0.15) is 5.69 Å². The third-order valence-corrected chi connectivity index (χ3v) is 1.90. The Bertz CT molecular complexity index is 392. The summed E-state index contributed by atoms with van der Waals surface area (Å²) in [7, 11) is 0. The number of hydrogen-bond donors (Lipinski definition) is 1. The number of pyridine rings is 1. The lowest BCUT2D eigenvalue weighted by molar-refractivity contribution is 1.09. The van der Waals surface area contributed by atoms with Crippen LogP contribution in [0.3, 0.4) is 0 Å². The van der Waals surface area contributed by atoms with E-state index >= 15 is 0 Å². The molecule has 0 aromatic carbocycles. The van der Waals surface area contributed by atoms with Crippen molar-refractivity contribution in [1.82, 2.24) is 9.38 Å². The number of aryl methyl sites for hydroxylation is 1. The van der Waals surface area contributed by atoms with Crippen molar-refractivity contribution in [3.63, 3.8) is 0 Å². The summed E-state index contributed by atoms with van der Waals surface area (Å²) < 4.78 is 2.02. The minimum absolute atomic E-state index is 0.763. The molecule has 0 spiro atoms. The van der Waals surface area contributed by atoms with E-state index in [4.69, 9.17) is 0 Å². The summed E-state index contributed by atoms with van der Waals surface area (Å²) in [6, 6.07) is 6.00. The minimum Gasteiger partial charge on any atom is -0.303 e. The van der Waals surface area contributed by atoms with Gasteiger partial charge in [0.1, 0.15) is 10.7 Å². The van der Waals surface area contributed by atoms with Crippen molar-refractivity contribution in [2.24, 2.45) is 0 Å². The van der Waals surface area contributed by atoms with E-state index in [1.54, 1.807) is 0 Å². The molecule has 3 heteroatoms. The highest BCUT2D eigenvalue weighted by molar-refractivity contribution is 7.80. The van der Waals surface area contributed by atoms with E-state index in [2.05, 4.69) is 17.6 Å². The van der Waals surface area contributed by atoms with Crippen molar-refractivity contribution in [3.05, 3.63) is 30.1 Å². The fourth-order valence-electron chi connectivity index (χ4n) is 1.14. The number of thiol groups is 1. The van der Waals surface area contributed by atoms with E-state index in [9.17, 15) is 0 Å². The highest BCUT2D eigenvalue weighted by Crippen LogP contribution is 2.09. The number of hydrogen-bond acceptors (Lipinski definition) is 2. The van der Waals surface area contributed by atoms with Crippen molar-refractivity contribution in [1.29, 1.82) is 0 Å². The lowest BCUT2D eigenvalue weighted by Crippen LogP contribution is -1.86. The second kappa shape index (κ2) is 2.27. The van der Waals surface area contributed by atoms with Crippen LogP contribution in [0.2, 0.25) is 0 Å². The van der Waals surface area contributed by atoms with Gasteiger partial charge in [0.15, 0.2) is 0 Å². The average Bonchev–Trinajstić information content (AvgIpc) is 2.31. The number of aromatic nitrogens is 2. The summed E-state index contributed by atoms with van der Waals surface area (Å²) in [6.45, 7) is 2.04. The van der Waals surface area contributed by atoms with Crippen molar-refractivity contribution in [3.8, 4) is 0 Å². The fourth-order valence-corrected chi connectivity index (χ4v) is 1.35. The number of imidazole rings is 1. The first-order valence-electron chi connectivity index (χ1n) is 3.41. The Balaban J connectivity index is 2.90. The third-order valence-electron chi connectivity index (χ3n) is 1.68. The zero-order valence-electron chi connectivity index (χ0n) is 6.15. The van der Waals surface area contributed by atoms with E-state index in [1.807, 2.05) is 35.7 Å². The summed E-state index contributed by atoms with van der Waals surface area (Å²) >= 11 is 4.16. The Kier molecular flexibility index (Phi) is 1.39. The Morgan fingerprint density at radius 3 is 3.00 bits per heavy atom. The van der Waals surface area contributed by atoms with Crippen LogP contribution in [0.25, 0.3) is 5.65 Å². The van der Waals surface area contributed by atoms with Crippen molar-refractivity contribution >= 4 is 18.3 Å². The molecule has 2 nitrogen and oxygen atoms in total. The second-order valence-corrected chi connectivity index (χ2v) is 2.95. The number of rotatable bonds is 0. The molecule has 0 fully saturated rings. The average molecular weight is 164 g/mol. The monoisotopic (exact) mass is 164 g/mol. The van der Waals surface area contributed by atoms with Crippen molar-refractivity contribution < 1.29 is 0 Å². The smallest absolute Gasteiger partial charge is 0.138 e. The van der Waals surface area contributed by atoms with E-state index < -0.39 is 0 Å². The molecule has 0 unspecified atom stereocenters. The van der Waals surface area contributed by atoms with Gasteiger partial charge in [-0.2, -0.15) is 0 Å². The molecular weight excluding hydrogens is 156 g/mol. The molecule has 0 saturated carbocycles. The van der Waals surface area contributed by atoms with Crippen LogP contribution < -0.4 is 0 Å². The lowest BCUT2D eigenvalue weighted by Gasteiger charge is -1.95. The first-order chi connectivity index (χ1) is 5.27. The van der Waals surface area contributed by atoms with Crippen LogP contribution in [0.15, 0.2) is 29.4 Å². The maximum absolute atomic E-state index is 4.20. The van der Waals surface area contributed by atoms with Crippen LogP contribution in [0, 0.1) is 6.92 Å². The molecule has 56 valence electrons. The SMILES string of the molecule is Cc1cccc2nc(S)cn12. The van der Waals surface area contributed by atoms with Gasteiger partial charge in [-0.1, -0.05) is 6.07 Å². The summed E-state index contributed by atoms with van der Waals surface area (Å²) in [5, 5.41) is 0.763.